The molecular formula is C13H19N3OS. The van der Waals surface area contributed by atoms with E-state index >= 15 is 0 Å². The number of carbonyl (C=O) groups excluding carboxylic acids is 1. The summed E-state index contributed by atoms with van der Waals surface area (Å²) in [6.45, 7) is 5.06. The molecule has 1 saturated heterocycles. The predicted molar refractivity (Wildman–Crippen MR) is 75.4 cm³/mol. The number of amides is 1. The summed E-state index contributed by atoms with van der Waals surface area (Å²) in [5, 5.41) is 2.01. The summed E-state index contributed by atoms with van der Waals surface area (Å²) in [5.41, 5.74) is 5.52. The van der Waals surface area contributed by atoms with E-state index in [4.69, 9.17) is 5.73 Å². The Kier molecular flexibility index (Phi) is 4.92. The second-order valence-electron chi connectivity index (χ2n) is 4.30. The molecule has 0 atom stereocenters. The van der Waals surface area contributed by atoms with Gasteiger partial charge in [-0.25, -0.2) is 0 Å². The number of carbonyl (C=O) groups is 1. The lowest BCUT2D eigenvalue weighted by Gasteiger charge is -2.33. The van der Waals surface area contributed by atoms with E-state index in [1.54, 1.807) is 17.4 Å². The lowest BCUT2D eigenvalue weighted by molar-refractivity contribution is -0.127. The number of nitrogens with zero attached hydrogens (tertiary/aromatic N) is 2. The molecule has 5 heteroatoms. The first kappa shape index (κ1) is 13.3. The fraction of sp³-hybridized carbons (Fsp3) is 0.462. The van der Waals surface area contributed by atoms with Crippen LogP contribution in [0.15, 0.2) is 23.6 Å². The summed E-state index contributed by atoms with van der Waals surface area (Å²) < 4.78 is 0. The summed E-state index contributed by atoms with van der Waals surface area (Å²) in [6.07, 6.45) is 3.56. The SMILES string of the molecule is NCCN1CCN(C(=O)/C=C/c2cccs2)CC1. The average molecular weight is 265 g/mol. The normalized spacial score (nSPS) is 17.5. The first-order valence-corrected chi connectivity index (χ1v) is 7.10. The fourth-order valence-corrected chi connectivity index (χ4v) is 2.64. The highest BCUT2D eigenvalue weighted by Gasteiger charge is 2.18. The largest absolute Gasteiger partial charge is 0.337 e. The van der Waals surface area contributed by atoms with Crippen LogP contribution in [0.4, 0.5) is 0 Å². The predicted octanol–water partition coefficient (Wildman–Crippen LogP) is 0.864. The Balaban J connectivity index is 1.80. The van der Waals surface area contributed by atoms with E-state index in [-0.39, 0.29) is 5.91 Å². The first-order valence-electron chi connectivity index (χ1n) is 6.22. The molecule has 0 bridgehead atoms. The highest BCUT2D eigenvalue weighted by Crippen LogP contribution is 2.11. The Labute approximate surface area is 112 Å². The molecule has 1 aromatic rings. The molecule has 0 saturated carbocycles. The van der Waals surface area contributed by atoms with Crippen LogP contribution in [0.3, 0.4) is 0 Å². The lowest BCUT2D eigenvalue weighted by atomic mass is 10.3. The molecule has 2 heterocycles. The number of hydrogen-bond acceptors (Lipinski definition) is 4. The van der Waals surface area contributed by atoms with E-state index in [0.717, 1.165) is 37.6 Å². The summed E-state index contributed by atoms with van der Waals surface area (Å²) >= 11 is 1.64. The molecule has 1 fully saturated rings. The van der Waals surface area contributed by atoms with Crippen molar-refractivity contribution in [3.8, 4) is 0 Å². The summed E-state index contributed by atoms with van der Waals surface area (Å²) in [7, 11) is 0. The monoisotopic (exact) mass is 265 g/mol. The van der Waals surface area contributed by atoms with Crippen LogP contribution in [-0.2, 0) is 4.79 Å². The number of thiophene rings is 1. The average Bonchev–Trinajstić information content (AvgIpc) is 2.90. The topological polar surface area (TPSA) is 49.6 Å². The van der Waals surface area contributed by atoms with Crippen LogP contribution in [0.1, 0.15) is 4.88 Å². The zero-order valence-electron chi connectivity index (χ0n) is 10.4. The molecule has 0 aliphatic carbocycles. The van der Waals surface area contributed by atoms with Crippen LogP contribution in [0.2, 0.25) is 0 Å². The molecule has 1 amide bonds. The third-order valence-electron chi connectivity index (χ3n) is 3.06. The third kappa shape index (κ3) is 3.66. The van der Waals surface area contributed by atoms with Gasteiger partial charge in [0.25, 0.3) is 0 Å². The van der Waals surface area contributed by atoms with Crippen LogP contribution in [0.25, 0.3) is 6.08 Å². The van der Waals surface area contributed by atoms with Crippen LogP contribution >= 0.6 is 11.3 Å². The van der Waals surface area contributed by atoms with Crippen molar-refractivity contribution in [3.05, 3.63) is 28.5 Å². The van der Waals surface area contributed by atoms with Crippen molar-refractivity contribution in [1.29, 1.82) is 0 Å². The van der Waals surface area contributed by atoms with Crippen molar-refractivity contribution >= 4 is 23.3 Å². The van der Waals surface area contributed by atoms with Gasteiger partial charge in [0.15, 0.2) is 0 Å². The van der Waals surface area contributed by atoms with Crippen molar-refractivity contribution in [3.63, 3.8) is 0 Å². The van der Waals surface area contributed by atoms with Gasteiger partial charge >= 0.3 is 0 Å². The molecular weight excluding hydrogens is 246 g/mol. The van der Waals surface area contributed by atoms with Crippen LogP contribution < -0.4 is 5.73 Å². The molecule has 2 N–H and O–H groups in total. The van der Waals surface area contributed by atoms with Crippen molar-refractivity contribution in [2.75, 3.05) is 39.3 Å². The molecule has 1 aliphatic rings. The second kappa shape index (κ2) is 6.68. The van der Waals surface area contributed by atoms with Gasteiger partial charge in [-0.05, 0) is 17.5 Å². The summed E-state index contributed by atoms with van der Waals surface area (Å²) in [5.74, 6) is 0.107. The Hall–Kier alpha value is -1.17. The Morgan fingerprint density at radius 3 is 2.78 bits per heavy atom. The molecule has 18 heavy (non-hydrogen) atoms. The molecule has 1 aliphatic heterocycles. The minimum Gasteiger partial charge on any atom is -0.337 e. The number of hydrogen-bond donors (Lipinski definition) is 1. The third-order valence-corrected chi connectivity index (χ3v) is 3.90. The molecule has 0 unspecified atom stereocenters. The summed E-state index contributed by atoms with van der Waals surface area (Å²) in [4.78, 5) is 17.3. The van der Waals surface area contributed by atoms with Gasteiger partial charge in [-0.1, -0.05) is 6.07 Å². The van der Waals surface area contributed by atoms with Crippen molar-refractivity contribution in [2.45, 2.75) is 0 Å². The zero-order valence-corrected chi connectivity index (χ0v) is 11.2. The zero-order chi connectivity index (χ0) is 12.8. The maximum Gasteiger partial charge on any atom is 0.246 e. The number of nitrogens with two attached hydrogens (primary N) is 1. The first-order chi connectivity index (χ1) is 8.79. The molecule has 4 nitrogen and oxygen atoms in total. The minimum absolute atomic E-state index is 0.107. The molecule has 2 rings (SSSR count). The quantitative estimate of drug-likeness (QED) is 0.822. The second-order valence-corrected chi connectivity index (χ2v) is 5.28. The summed E-state index contributed by atoms with van der Waals surface area (Å²) in [6, 6.07) is 3.99. The standard InChI is InChI=1S/C13H19N3OS/c14-5-6-15-7-9-16(10-8-15)13(17)4-3-12-2-1-11-18-12/h1-4,11H,5-10,14H2/b4-3+. The van der Waals surface area contributed by atoms with Gasteiger partial charge in [-0.15, -0.1) is 11.3 Å². The van der Waals surface area contributed by atoms with Crippen LogP contribution in [-0.4, -0.2) is 55.0 Å². The molecule has 0 radical (unpaired) electrons. The maximum absolute atomic E-state index is 12.0. The molecule has 1 aromatic heterocycles. The molecule has 0 aromatic carbocycles. The smallest absolute Gasteiger partial charge is 0.246 e. The minimum atomic E-state index is 0.107. The Morgan fingerprint density at radius 2 is 2.17 bits per heavy atom. The van der Waals surface area contributed by atoms with E-state index in [0.29, 0.717) is 6.54 Å². The van der Waals surface area contributed by atoms with Gasteiger partial charge in [0.05, 0.1) is 0 Å². The van der Waals surface area contributed by atoms with Gasteiger partial charge in [0, 0.05) is 50.2 Å². The molecule has 0 spiro atoms. The number of rotatable bonds is 4. The maximum atomic E-state index is 12.0. The van der Waals surface area contributed by atoms with Crippen LogP contribution in [0.5, 0.6) is 0 Å². The number of piperazine rings is 1. The van der Waals surface area contributed by atoms with Gasteiger partial charge < -0.3 is 10.6 Å². The van der Waals surface area contributed by atoms with Gasteiger partial charge in [0.1, 0.15) is 0 Å². The highest BCUT2D eigenvalue weighted by molar-refractivity contribution is 7.10. The van der Waals surface area contributed by atoms with Crippen molar-refractivity contribution < 1.29 is 4.79 Å². The van der Waals surface area contributed by atoms with E-state index in [1.165, 1.54) is 0 Å². The van der Waals surface area contributed by atoms with E-state index in [1.807, 2.05) is 28.5 Å². The van der Waals surface area contributed by atoms with Gasteiger partial charge in [-0.2, -0.15) is 0 Å². The van der Waals surface area contributed by atoms with E-state index < -0.39 is 0 Å². The van der Waals surface area contributed by atoms with Gasteiger partial charge in [0.2, 0.25) is 5.91 Å². The van der Waals surface area contributed by atoms with Crippen molar-refractivity contribution in [2.24, 2.45) is 5.73 Å². The Bertz CT molecular complexity index is 394. The van der Waals surface area contributed by atoms with Crippen molar-refractivity contribution in [1.82, 2.24) is 9.80 Å². The van der Waals surface area contributed by atoms with Crippen LogP contribution in [0, 0.1) is 0 Å². The van der Waals surface area contributed by atoms with E-state index in [9.17, 15) is 4.79 Å². The lowest BCUT2D eigenvalue weighted by Crippen LogP contribution is -2.49. The fourth-order valence-electron chi connectivity index (χ4n) is 2.02. The van der Waals surface area contributed by atoms with Gasteiger partial charge in [-0.3, -0.25) is 9.69 Å². The molecule has 98 valence electrons. The Morgan fingerprint density at radius 1 is 1.39 bits per heavy atom. The highest BCUT2D eigenvalue weighted by atomic mass is 32.1. The van der Waals surface area contributed by atoms with E-state index in [2.05, 4.69) is 4.90 Å².